The largest absolute Gasteiger partial charge is 0.346 e. The molecule has 104 valence electrons. The van der Waals surface area contributed by atoms with E-state index in [9.17, 15) is 9.59 Å². The number of hydrogen-bond donors (Lipinski definition) is 0. The van der Waals surface area contributed by atoms with E-state index in [1.165, 1.54) is 4.68 Å². The van der Waals surface area contributed by atoms with Gasteiger partial charge in [-0.15, -0.1) is 0 Å². The first kappa shape index (κ1) is 12.8. The van der Waals surface area contributed by atoms with E-state index in [-0.39, 0.29) is 18.0 Å². The highest BCUT2D eigenvalue weighted by Crippen LogP contribution is 2.10. The summed E-state index contributed by atoms with van der Waals surface area (Å²) in [5.41, 5.74) is 1.56. The third-order valence-electron chi connectivity index (χ3n) is 3.70. The third kappa shape index (κ3) is 2.31. The van der Waals surface area contributed by atoms with Gasteiger partial charge in [-0.1, -0.05) is 29.8 Å². The summed E-state index contributed by atoms with van der Waals surface area (Å²) in [7, 11) is 0. The van der Waals surface area contributed by atoms with Gasteiger partial charge in [-0.2, -0.15) is 5.10 Å². The van der Waals surface area contributed by atoms with Crippen molar-refractivity contribution < 1.29 is 4.79 Å². The van der Waals surface area contributed by atoms with Crippen molar-refractivity contribution in [2.45, 2.75) is 39.3 Å². The van der Waals surface area contributed by atoms with E-state index < -0.39 is 0 Å². The first-order valence-corrected chi connectivity index (χ1v) is 6.91. The highest BCUT2D eigenvalue weighted by Gasteiger charge is 2.18. The van der Waals surface area contributed by atoms with Crippen LogP contribution in [0, 0.1) is 6.92 Å². The van der Waals surface area contributed by atoms with Crippen LogP contribution in [0.15, 0.2) is 29.1 Å². The predicted molar refractivity (Wildman–Crippen MR) is 74.9 cm³/mol. The molecule has 5 nitrogen and oxygen atoms in total. The van der Waals surface area contributed by atoms with E-state index in [1.807, 2.05) is 19.1 Å². The minimum absolute atomic E-state index is 0.0158. The highest BCUT2D eigenvalue weighted by molar-refractivity contribution is 5.95. The zero-order chi connectivity index (χ0) is 14.1. The van der Waals surface area contributed by atoms with Gasteiger partial charge in [0.05, 0.1) is 0 Å². The zero-order valence-electron chi connectivity index (χ0n) is 11.5. The van der Waals surface area contributed by atoms with Crippen LogP contribution in [0.5, 0.6) is 0 Å². The highest BCUT2D eigenvalue weighted by atomic mass is 16.2. The Labute approximate surface area is 116 Å². The number of rotatable bonds is 3. The van der Waals surface area contributed by atoms with Gasteiger partial charge in [0.25, 0.3) is 0 Å². The van der Waals surface area contributed by atoms with Crippen LogP contribution in [-0.2, 0) is 19.5 Å². The van der Waals surface area contributed by atoms with Crippen LogP contribution in [0.25, 0.3) is 0 Å². The summed E-state index contributed by atoms with van der Waals surface area (Å²) >= 11 is 0. The van der Waals surface area contributed by atoms with E-state index in [0.717, 1.165) is 30.7 Å². The lowest BCUT2D eigenvalue weighted by Crippen LogP contribution is -2.29. The number of Topliss-reactive ketones (excluding diaryl/α,β-unsaturated/α-hetero) is 1. The van der Waals surface area contributed by atoms with Gasteiger partial charge >= 0.3 is 5.69 Å². The second-order valence-corrected chi connectivity index (χ2v) is 5.25. The summed E-state index contributed by atoms with van der Waals surface area (Å²) < 4.78 is 2.98. The minimum atomic E-state index is -0.167. The number of hydrogen-bond acceptors (Lipinski definition) is 3. The molecule has 3 rings (SSSR count). The molecule has 0 spiro atoms. The van der Waals surface area contributed by atoms with E-state index in [1.54, 1.807) is 16.7 Å². The lowest BCUT2D eigenvalue weighted by Gasteiger charge is -2.09. The fourth-order valence-electron chi connectivity index (χ4n) is 2.52. The van der Waals surface area contributed by atoms with Crippen molar-refractivity contribution in [3.8, 4) is 0 Å². The SMILES string of the molecule is Cc1ccc(C(=O)Cn2nc3n(c2=O)CCCC3)cc1. The van der Waals surface area contributed by atoms with Crippen LogP contribution in [-0.4, -0.2) is 20.1 Å². The molecule has 0 bridgehead atoms. The number of carbonyl (C=O) groups is 1. The topological polar surface area (TPSA) is 56.9 Å². The van der Waals surface area contributed by atoms with Crippen molar-refractivity contribution in [3.05, 3.63) is 51.7 Å². The molecule has 0 N–H and O–H groups in total. The Kier molecular flexibility index (Phi) is 3.26. The Bertz CT molecular complexity index is 695. The fourth-order valence-corrected chi connectivity index (χ4v) is 2.52. The molecule has 2 aromatic rings. The number of carbonyl (C=O) groups excluding carboxylic acids is 1. The molecule has 1 aromatic carbocycles. The number of nitrogens with zero attached hydrogens (tertiary/aromatic N) is 3. The molecular formula is C15H17N3O2. The Balaban J connectivity index is 1.84. The van der Waals surface area contributed by atoms with Gasteiger partial charge < -0.3 is 0 Å². The van der Waals surface area contributed by atoms with Gasteiger partial charge in [0.2, 0.25) is 0 Å². The van der Waals surface area contributed by atoms with Crippen molar-refractivity contribution >= 4 is 5.78 Å². The Hall–Kier alpha value is -2.17. The van der Waals surface area contributed by atoms with Crippen molar-refractivity contribution in [1.82, 2.24) is 14.3 Å². The summed E-state index contributed by atoms with van der Waals surface area (Å²) in [5, 5.41) is 4.28. The molecule has 0 saturated carbocycles. The molecule has 1 aliphatic rings. The minimum Gasteiger partial charge on any atom is -0.292 e. The maximum atomic E-state index is 12.2. The van der Waals surface area contributed by atoms with E-state index in [2.05, 4.69) is 5.10 Å². The van der Waals surface area contributed by atoms with Crippen molar-refractivity contribution in [2.24, 2.45) is 0 Å². The molecule has 0 aliphatic carbocycles. The van der Waals surface area contributed by atoms with Crippen LogP contribution in [0.1, 0.15) is 34.6 Å². The Morgan fingerprint density at radius 2 is 2.00 bits per heavy atom. The average molecular weight is 271 g/mol. The molecule has 0 unspecified atom stereocenters. The number of aromatic nitrogens is 3. The summed E-state index contributed by atoms with van der Waals surface area (Å²) in [6, 6.07) is 7.37. The molecule has 0 fully saturated rings. The second kappa shape index (κ2) is 5.07. The number of aryl methyl sites for hydroxylation is 2. The molecule has 2 heterocycles. The molecule has 0 atom stereocenters. The maximum Gasteiger partial charge on any atom is 0.346 e. The van der Waals surface area contributed by atoms with Crippen molar-refractivity contribution in [2.75, 3.05) is 0 Å². The number of fused-ring (bicyclic) bond motifs is 1. The average Bonchev–Trinajstić information content (AvgIpc) is 2.77. The van der Waals surface area contributed by atoms with Crippen LogP contribution in [0.3, 0.4) is 0 Å². The standard InChI is InChI=1S/C15H17N3O2/c1-11-5-7-12(8-6-11)13(19)10-18-15(20)17-9-3-2-4-14(17)16-18/h5-8H,2-4,9-10H2,1H3. The first-order valence-electron chi connectivity index (χ1n) is 6.91. The summed E-state index contributed by atoms with van der Waals surface area (Å²) in [4.78, 5) is 24.3. The molecule has 20 heavy (non-hydrogen) atoms. The van der Waals surface area contributed by atoms with E-state index in [0.29, 0.717) is 12.1 Å². The van der Waals surface area contributed by atoms with Gasteiger partial charge in [-0.3, -0.25) is 9.36 Å². The lowest BCUT2D eigenvalue weighted by molar-refractivity contribution is 0.0966. The maximum absolute atomic E-state index is 12.2. The Morgan fingerprint density at radius 1 is 1.25 bits per heavy atom. The molecule has 0 amide bonds. The number of benzene rings is 1. The van der Waals surface area contributed by atoms with Gasteiger partial charge in [0.1, 0.15) is 12.4 Å². The van der Waals surface area contributed by atoms with Gasteiger partial charge in [-0.05, 0) is 19.8 Å². The van der Waals surface area contributed by atoms with Crippen LogP contribution < -0.4 is 5.69 Å². The van der Waals surface area contributed by atoms with E-state index >= 15 is 0 Å². The summed E-state index contributed by atoms with van der Waals surface area (Å²) in [6.07, 6.45) is 2.88. The summed E-state index contributed by atoms with van der Waals surface area (Å²) in [5.74, 6) is 0.723. The normalized spacial score (nSPS) is 14.1. The van der Waals surface area contributed by atoms with Crippen LogP contribution >= 0.6 is 0 Å². The van der Waals surface area contributed by atoms with Crippen LogP contribution in [0.2, 0.25) is 0 Å². The van der Waals surface area contributed by atoms with Crippen molar-refractivity contribution in [3.63, 3.8) is 0 Å². The lowest BCUT2D eigenvalue weighted by atomic mass is 10.1. The monoisotopic (exact) mass is 271 g/mol. The molecule has 5 heteroatoms. The predicted octanol–water partition coefficient (Wildman–Crippen LogP) is 1.57. The van der Waals surface area contributed by atoms with Gasteiger partial charge in [0.15, 0.2) is 5.78 Å². The molecule has 0 saturated heterocycles. The van der Waals surface area contributed by atoms with Gasteiger partial charge in [0, 0.05) is 18.5 Å². The molecule has 0 radical (unpaired) electrons. The first-order chi connectivity index (χ1) is 9.65. The fraction of sp³-hybridized carbons (Fsp3) is 0.400. The third-order valence-corrected chi connectivity index (χ3v) is 3.70. The van der Waals surface area contributed by atoms with Crippen LogP contribution in [0.4, 0.5) is 0 Å². The quantitative estimate of drug-likeness (QED) is 0.796. The number of ketones is 1. The molecular weight excluding hydrogens is 254 g/mol. The second-order valence-electron chi connectivity index (χ2n) is 5.25. The zero-order valence-corrected chi connectivity index (χ0v) is 11.5. The smallest absolute Gasteiger partial charge is 0.292 e. The molecule has 1 aromatic heterocycles. The van der Waals surface area contributed by atoms with E-state index in [4.69, 9.17) is 0 Å². The van der Waals surface area contributed by atoms with Gasteiger partial charge in [-0.25, -0.2) is 9.48 Å². The summed E-state index contributed by atoms with van der Waals surface area (Å²) in [6.45, 7) is 2.71. The van der Waals surface area contributed by atoms with Crippen molar-refractivity contribution in [1.29, 1.82) is 0 Å². The Morgan fingerprint density at radius 3 is 2.70 bits per heavy atom. The molecule has 1 aliphatic heterocycles.